The quantitative estimate of drug-likeness (QED) is 0.841. The van der Waals surface area contributed by atoms with Gasteiger partial charge in [0.15, 0.2) is 0 Å². The van der Waals surface area contributed by atoms with Crippen molar-refractivity contribution in [2.45, 2.75) is 19.0 Å². The van der Waals surface area contributed by atoms with Crippen LogP contribution in [0.2, 0.25) is 0 Å². The van der Waals surface area contributed by atoms with E-state index < -0.39 is 23.5 Å². The van der Waals surface area contributed by atoms with Gasteiger partial charge in [0.25, 0.3) is 5.91 Å². The summed E-state index contributed by atoms with van der Waals surface area (Å²) in [5.41, 5.74) is 4.00. The van der Waals surface area contributed by atoms with Gasteiger partial charge in [-0.1, -0.05) is 0 Å². The Morgan fingerprint density at radius 2 is 2.05 bits per heavy atom. The summed E-state index contributed by atoms with van der Waals surface area (Å²) in [6, 6.07) is 2.34. The SMILES string of the molecule is Cl.NCC1CCCN(C(=O)c2ccc(F)c(C(F)(F)F)c2)C1. The van der Waals surface area contributed by atoms with Gasteiger partial charge in [-0.25, -0.2) is 4.39 Å². The molecule has 1 aromatic carbocycles. The minimum absolute atomic E-state index is 0. The van der Waals surface area contributed by atoms with Crippen molar-refractivity contribution in [2.75, 3.05) is 19.6 Å². The molecule has 22 heavy (non-hydrogen) atoms. The van der Waals surface area contributed by atoms with Crippen molar-refractivity contribution in [1.82, 2.24) is 4.90 Å². The molecule has 1 aromatic rings. The highest BCUT2D eigenvalue weighted by Crippen LogP contribution is 2.32. The predicted octanol–water partition coefficient (Wildman–Crippen LogP) is 3.08. The molecule has 124 valence electrons. The molecule has 3 nitrogen and oxygen atoms in total. The summed E-state index contributed by atoms with van der Waals surface area (Å²) >= 11 is 0. The maximum Gasteiger partial charge on any atom is 0.419 e. The third kappa shape index (κ3) is 4.10. The summed E-state index contributed by atoms with van der Waals surface area (Å²) in [6.07, 6.45) is -3.15. The van der Waals surface area contributed by atoms with Crippen LogP contribution in [-0.2, 0) is 6.18 Å². The zero-order valence-corrected chi connectivity index (χ0v) is 12.5. The van der Waals surface area contributed by atoms with Crippen molar-refractivity contribution in [3.8, 4) is 0 Å². The van der Waals surface area contributed by atoms with E-state index in [-0.39, 0.29) is 23.9 Å². The zero-order chi connectivity index (χ0) is 15.6. The number of hydrogen-bond donors (Lipinski definition) is 1. The highest BCUT2D eigenvalue weighted by Gasteiger charge is 2.35. The zero-order valence-electron chi connectivity index (χ0n) is 11.7. The molecular weight excluding hydrogens is 324 g/mol. The molecule has 1 aliphatic rings. The average Bonchev–Trinajstić information content (AvgIpc) is 2.46. The summed E-state index contributed by atoms with van der Waals surface area (Å²) in [4.78, 5) is 13.7. The Kier molecular flexibility index (Phi) is 6.19. The molecule has 1 aliphatic heterocycles. The summed E-state index contributed by atoms with van der Waals surface area (Å²) in [5, 5.41) is 0. The van der Waals surface area contributed by atoms with E-state index >= 15 is 0 Å². The monoisotopic (exact) mass is 340 g/mol. The second-order valence-corrected chi connectivity index (χ2v) is 5.19. The van der Waals surface area contributed by atoms with Gasteiger partial charge in [0.2, 0.25) is 0 Å². The molecule has 2 rings (SSSR count). The van der Waals surface area contributed by atoms with Gasteiger partial charge in [0.1, 0.15) is 5.82 Å². The maximum atomic E-state index is 13.2. The number of halogens is 5. The Morgan fingerprint density at radius 1 is 1.36 bits per heavy atom. The van der Waals surface area contributed by atoms with E-state index in [1.165, 1.54) is 4.90 Å². The Hall–Kier alpha value is -1.34. The van der Waals surface area contributed by atoms with E-state index in [9.17, 15) is 22.4 Å². The van der Waals surface area contributed by atoms with Crippen LogP contribution in [0.1, 0.15) is 28.8 Å². The summed E-state index contributed by atoms with van der Waals surface area (Å²) in [5.74, 6) is -1.73. The Labute approximate surface area is 131 Å². The number of alkyl halides is 3. The number of benzene rings is 1. The van der Waals surface area contributed by atoms with Gasteiger partial charge in [0.05, 0.1) is 5.56 Å². The third-order valence-corrected chi connectivity index (χ3v) is 3.66. The van der Waals surface area contributed by atoms with Crippen molar-refractivity contribution in [1.29, 1.82) is 0 Å². The first kappa shape index (κ1) is 18.7. The van der Waals surface area contributed by atoms with Crippen LogP contribution in [0.25, 0.3) is 0 Å². The van der Waals surface area contributed by atoms with Crippen LogP contribution >= 0.6 is 12.4 Å². The Balaban J connectivity index is 0.00000242. The van der Waals surface area contributed by atoms with Crippen LogP contribution in [0.15, 0.2) is 18.2 Å². The first-order valence-corrected chi connectivity index (χ1v) is 6.69. The molecular formula is C14H17ClF4N2O. The molecule has 1 saturated heterocycles. The Morgan fingerprint density at radius 3 is 2.64 bits per heavy atom. The first-order valence-electron chi connectivity index (χ1n) is 6.69. The molecule has 0 aromatic heterocycles. The highest BCUT2D eigenvalue weighted by atomic mass is 35.5. The molecule has 8 heteroatoms. The highest BCUT2D eigenvalue weighted by molar-refractivity contribution is 5.94. The number of nitrogens with two attached hydrogens (primary N) is 1. The lowest BCUT2D eigenvalue weighted by Gasteiger charge is -2.32. The van der Waals surface area contributed by atoms with E-state index in [1.807, 2.05) is 0 Å². The van der Waals surface area contributed by atoms with Gasteiger partial charge < -0.3 is 10.6 Å². The second-order valence-electron chi connectivity index (χ2n) is 5.19. The average molecular weight is 341 g/mol. The largest absolute Gasteiger partial charge is 0.419 e. The number of carbonyl (C=O) groups is 1. The van der Waals surface area contributed by atoms with Crippen LogP contribution in [0, 0.1) is 11.7 Å². The smallest absolute Gasteiger partial charge is 0.338 e. The molecule has 2 N–H and O–H groups in total. The minimum Gasteiger partial charge on any atom is -0.338 e. The summed E-state index contributed by atoms with van der Waals surface area (Å²) < 4.78 is 51.2. The van der Waals surface area contributed by atoms with Crippen LogP contribution < -0.4 is 5.73 Å². The molecule has 1 amide bonds. The molecule has 1 fully saturated rings. The minimum atomic E-state index is -4.82. The van der Waals surface area contributed by atoms with Crippen molar-refractivity contribution < 1.29 is 22.4 Å². The van der Waals surface area contributed by atoms with E-state index in [2.05, 4.69) is 0 Å². The number of hydrogen-bond acceptors (Lipinski definition) is 2. The predicted molar refractivity (Wildman–Crippen MR) is 76.3 cm³/mol. The van der Waals surface area contributed by atoms with Crippen molar-refractivity contribution in [3.05, 3.63) is 35.1 Å². The topological polar surface area (TPSA) is 46.3 Å². The number of amides is 1. The number of piperidine rings is 1. The van der Waals surface area contributed by atoms with E-state index in [0.717, 1.165) is 18.9 Å². The molecule has 1 atom stereocenters. The standard InChI is InChI=1S/C14H16F4N2O.ClH/c15-12-4-3-10(6-11(12)14(16,17)18)13(21)20-5-1-2-9(7-19)8-20;/h3-4,6,9H,1-2,5,7-8,19H2;1H. The lowest BCUT2D eigenvalue weighted by atomic mass is 9.97. The Bertz CT molecular complexity index is 536. The van der Waals surface area contributed by atoms with Crippen LogP contribution in [-0.4, -0.2) is 30.4 Å². The van der Waals surface area contributed by atoms with Crippen LogP contribution in [0.5, 0.6) is 0 Å². The maximum absolute atomic E-state index is 13.2. The van der Waals surface area contributed by atoms with Crippen molar-refractivity contribution in [3.63, 3.8) is 0 Å². The molecule has 0 aliphatic carbocycles. The number of carbonyl (C=O) groups excluding carboxylic acids is 1. The van der Waals surface area contributed by atoms with Gasteiger partial charge in [-0.2, -0.15) is 13.2 Å². The van der Waals surface area contributed by atoms with E-state index in [1.54, 1.807) is 0 Å². The van der Waals surface area contributed by atoms with Crippen LogP contribution in [0.3, 0.4) is 0 Å². The van der Waals surface area contributed by atoms with Gasteiger partial charge in [-0.15, -0.1) is 12.4 Å². The molecule has 0 radical (unpaired) electrons. The molecule has 1 unspecified atom stereocenters. The molecule has 0 bridgehead atoms. The van der Waals surface area contributed by atoms with Gasteiger partial charge in [-0.3, -0.25) is 4.79 Å². The lowest BCUT2D eigenvalue weighted by Crippen LogP contribution is -2.42. The van der Waals surface area contributed by atoms with Gasteiger partial charge in [-0.05, 0) is 43.5 Å². The second kappa shape index (κ2) is 7.28. The summed E-state index contributed by atoms with van der Waals surface area (Å²) in [7, 11) is 0. The van der Waals surface area contributed by atoms with Crippen molar-refractivity contribution in [2.24, 2.45) is 11.7 Å². The van der Waals surface area contributed by atoms with E-state index in [0.29, 0.717) is 31.8 Å². The van der Waals surface area contributed by atoms with Gasteiger partial charge in [0, 0.05) is 18.7 Å². The third-order valence-electron chi connectivity index (χ3n) is 3.66. The fraction of sp³-hybridized carbons (Fsp3) is 0.500. The van der Waals surface area contributed by atoms with Crippen LogP contribution in [0.4, 0.5) is 17.6 Å². The van der Waals surface area contributed by atoms with E-state index in [4.69, 9.17) is 5.73 Å². The van der Waals surface area contributed by atoms with Crippen molar-refractivity contribution >= 4 is 18.3 Å². The lowest BCUT2D eigenvalue weighted by molar-refractivity contribution is -0.140. The summed E-state index contributed by atoms with van der Waals surface area (Å²) in [6.45, 7) is 1.34. The number of rotatable bonds is 2. The normalized spacial score (nSPS) is 18.8. The fourth-order valence-electron chi connectivity index (χ4n) is 2.50. The molecule has 0 saturated carbocycles. The first-order chi connectivity index (χ1) is 9.82. The van der Waals surface area contributed by atoms with Gasteiger partial charge >= 0.3 is 6.18 Å². The fourth-order valence-corrected chi connectivity index (χ4v) is 2.50. The number of likely N-dealkylation sites (tertiary alicyclic amines) is 1. The molecule has 0 spiro atoms. The molecule has 1 heterocycles. The number of nitrogens with zero attached hydrogens (tertiary/aromatic N) is 1.